The molecule has 1 amide bonds. The lowest BCUT2D eigenvalue weighted by Gasteiger charge is -2.38. The summed E-state index contributed by atoms with van der Waals surface area (Å²) in [6.45, 7) is 3.09. The lowest BCUT2D eigenvalue weighted by molar-refractivity contribution is -0.118. The number of anilines is 1. The SMILES string of the molecule is CC(=O)C1CC(C(=O)NCC2(c3ccc(F)cc3)CCOCC2)=NN1c1ccccc1. The van der Waals surface area contributed by atoms with Crippen LogP contribution >= 0.6 is 0 Å². The second-order valence-corrected chi connectivity index (χ2v) is 8.14. The Morgan fingerprint density at radius 2 is 1.81 bits per heavy atom. The van der Waals surface area contributed by atoms with Crippen LogP contribution in [0.25, 0.3) is 0 Å². The summed E-state index contributed by atoms with van der Waals surface area (Å²) in [6, 6.07) is 15.3. The number of amides is 1. The number of hydrogen-bond donors (Lipinski definition) is 1. The molecule has 2 aromatic rings. The van der Waals surface area contributed by atoms with Crippen LogP contribution in [0.15, 0.2) is 59.7 Å². The molecule has 2 aliphatic heterocycles. The molecule has 162 valence electrons. The summed E-state index contributed by atoms with van der Waals surface area (Å²) in [5.41, 5.74) is 1.78. The van der Waals surface area contributed by atoms with Gasteiger partial charge in [-0.25, -0.2) is 4.39 Å². The van der Waals surface area contributed by atoms with Crippen molar-refractivity contribution < 1.29 is 18.7 Å². The zero-order valence-corrected chi connectivity index (χ0v) is 17.5. The number of nitrogens with zero attached hydrogens (tertiary/aromatic N) is 2. The van der Waals surface area contributed by atoms with Crippen molar-refractivity contribution in [3.8, 4) is 0 Å². The maximum absolute atomic E-state index is 13.4. The first kappa shape index (κ1) is 21.2. The van der Waals surface area contributed by atoms with Gasteiger partial charge in [0.1, 0.15) is 17.6 Å². The lowest BCUT2D eigenvalue weighted by Crippen LogP contribution is -2.46. The minimum Gasteiger partial charge on any atom is -0.381 e. The quantitative estimate of drug-likeness (QED) is 0.775. The average Bonchev–Trinajstić information content (AvgIpc) is 3.25. The maximum atomic E-state index is 13.4. The molecule has 0 saturated carbocycles. The third-order valence-electron chi connectivity index (χ3n) is 6.16. The topological polar surface area (TPSA) is 71.0 Å². The highest BCUT2D eigenvalue weighted by molar-refractivity contribution is 6.40. The van der Waals surface area contributed by atoms with Crippen LogP contribution in [0.5, 0.6) is 0 Å². The van der Waals surface area contributed by atoms with Gasteiger partial charge < -0.3 is 10.1 Å². The van der Waals surface area contributed by atoms with E-state index in [0.29, 0.717) is 25.5 Å². The van der Waals surface area contributed by atoms with Crippen LogP contribution in [0.2, 0.25) is 0 Å². The van der Waals surface area contributed by atoms with Crippen molar-refractivity contribution in [2.45, 2.75) is 37.6 Å². The number of ketones is 1. The molecule has 1 fully saturated rings. The molecule has 0 radical (unpaired) electrons. The predicted octanol–water partition coefficient (Wildman–Crippen LogP) is 3.21. The van der Waals surface area contributed by atoms with E-state index < -0.39 is 6.04 Å². The van der Waals surface area contributed by atoms with Gasteiger partial charge in [-0.3, -0.25) is 14.6 Å². The molecule has 2 heterocycles. The number of rotatable bonds is 6. The Labute approximate surface area is 181 Å². The van der Waals surface area contributed by atoms with Crippen molar-refractivity contribution in [2.24, 2.45) is 5.10 Å². The number of carbonyl (C=O) groups is 2. The fourth-order valence-electron chi connectivity index (χ4n) is 4.27. The van der Waals surface area contributed by atoms with Gasteiger partial charge in [-0.2, -0.15) is 5.10 Å². The van der Waals surface area contributed by atoms with E-state index in [1.54, 1.807) is 17.1 Å². The van der Waals surface area contributed by atoms with Crippen molar-refractivity contribution in [3.05, 3.63) is 66.0 Å². The molecule has 1 N–H and O–H groups in total. The van der Waals surface area contributed by atoms with E-state index in [1.165, 1.54) is 19.1 Å². The van der Waals surface area contributed by atoms with Gasteiger partial charge in [0.25, 0.3) is 5.91 Å². The van der Waals surface area contributed by atoms with E-state index in [1.807, 2.05) is 30.3 Å². The molecule has 6 nitrogen and oxygen atoms in total. The number of nitrogens with one attached hydrogen (secondary N) is 1. The van der Waals surface area contributed by atoms with Crippen LogP contribution in [0.4, 0.5) is 10.1 Å². The first-order valence-corrected chi connectivity index (χ1v) is 10.5. The Hall–Kier alpha value is -3.06. The van der Waals surface area contributed by atoms with E-state index in [4.69, 9.17) is 4.74 Å². The number of halogens is 1. The second kappa shape index (κ2) is 8.98. The van der Waals surface area contributed by atoms with E-state index in [-0.39, 0.29) is 29.3 Å². The lowest BCUT2D eigenvalue weighted by atomic mass is 9.74. The second-order valence-electron chi connectivity index (χ2n) is 8.14. The van der Waals surface area contributed by atoms with Crippen molar-refractivity contribution in [2.75, 3.05) is 24.8 Å². The number of Topliss-reactive ketones (excluding diaryl/α,β-unsaturated/α-hetero) is 1. The molecule has 4 rings (SSSR count). The molecule has 0 bridgehead atoms. The highest BCUT2D eigenvalue weighted by Gasteiger charge is 2.37. The zero-order valence-electron chi connectivity index (χ0n) is 17.5. The molecule has 1 saturated heterocycles. The number of hydrogen-bond acceptors (Lipinski definition) is 5. The molecular formula is C24H26FN3O3. The zero-order chi connectivity index (χ0) is 21.8. The monoisotopic (exact) mass is 423 g/mol. The summed E-state index contributed by atoms with van der Waals surface area (Å²) < 4.78 is 19.0. The summed E-state index contributed by atoms with van der Waals surface area (Å²) in [5, 5.41) is 9.12. The first-order valence-electron chi connectivity index (χ1n) is 10.5. The largest absolute Gasteiger partial charge is 0.381 e. The third kappa shape index (κ3) is 4.51. The molecule has 0 aliphatic carbocycles. The Morgan fingerprint density at radius 1 is 1.13 bits per heavy atom. The van der Waals surface area contributed by atoms with Crippen molar-refractivity contribution in [1.29, 1.82) is 0 Å². The van der Waals surface area contributed by atoms with Crippen LogP contribution in [0, 0.1) is 5.82 Å². The van der Waals surface area contributed by atoms with Gasteiger partial charge in [-0.1, -0.05) is 30.3 Å². The molecule has 7 heteroatoms. The average molecular weight is 423 g/mol. The highest BCUT2D eigenvalue weighted by atomic mass is 19.1. The fraction of sp³-hybridized carbons (Fsp3) is 0.375. The third-order valence-corrected chi connectivity index (χ3v) is 6.16. The van der Waals surface area contributed by atoms with Crippen LogP contribution in [0.3, 0.4) is 0 Å². The van der Waals surface area contributed by atoms with Gasteiger partial charge in [0.15, 0.2) is 5.78 Å². The number of carbonyl (C=O) groups excluding carboxylic acids is 2. The molecule has 1 unspecified atom stereocenters. The smallest absolute Gasteiger partial charge is 0.267 e. The number of hydrazone groups is 1. The summed E-state index contributed by atoms with van der Waals surface area (Å²) in [5.74, 6) is -0.605. The van der Waals surface area contributed by atoms with Crippen molar-refractivity contribution >= 4 is 23.1 Å². The molecular weight excluding hydrogens is 397 g/mol. The predicted molar refractivity (Wildman–Crippen MR) is 117 cm³/mol. The van der Waals surface area contributed by atoms with Gasteiger partial charge in [0.2, 0.25) is 0 Å². The van der Waals surface area contributed by atoms with E-state index in [0.717, 1.165) is 24.1 Å². The van der Waals surface area contributed by atoms with Crippen LogP contribution in [-0.2, 0) is 19.7 Å². The minimum atomic E-state index is -0.489. The number of ether oxygens (including phenoxy) is 1. The molecule has 1 atom stereocenters. The normalized spacial score (nSPS) is 20.3. The summed E-state index contributed by atoms with van der Waals surface area (Å²) in [7, 11) is 0. The first-order chi connectivity index (χ1) is 15.0. The van der Waals surface area contributed by atoms with Gasteiger partial charge >= 0.3 is 0 Å². The fourth-order valence-corrected chi connectivity index (χ4v) is 4.27. The number of para-hydroxylation sites is 1. The van der Waals surface area contributed by atoms with Gasteiger partial charge in [-0.15, -0.1) is 0 Å². The molecule has 2 aromatic carbocycles. The van der Waals surface area contributed by atoms with E-state index in [2.05, 4.69) is 10.4 Å². The van der Waals surface area contributed by atoms with Gasteiger partial charge in [-0.05, 0) is 49.6 Å². The highest BCUT2D eigenvalue weighted by Crippen LogP contribution is 2.34. The molecule has 0 aromatic heterocycles. The molecule has 0 spiro atoms. The summed E-state index contributed by atoms with van der Waals surface area (Å²) in [6.07, 6.45) is 1.73. The van der Waals surface area contributed by atoms with Crippen molar-refractivity contribution in [3.63, 3.8) is 0 Å². The summed E-state index contributed by atoms with van der Waals surface area (Å²) in [4.78, 5) is 25.2. The Kier molecular flexibility index (Phi) is 6.13. The van der Waals surface area contributed by atoms with Crippen LogP contribution in [0.1, 0.15) is 31.7 Å². The van der Waals surface area contributed by atoms with Crippen molar-refractivity contribution in [1.82, 2.24) is 5.32 Å². The Balaban J connectivity index is 1.51. The standard InChI is InChI=1S/C24H26FN3O3/c1-17(29)22-15-21(27-28(22)20-5-3-2-4-6-20)23(30)26-16-24(11-13-31-14-12-24)18-7-9-19(25)10-8-18/h2-10,22H,11-16H2,1H3,(H,26,30). The number of benzene rings is 2. The molecule has 31 heavy (non-hydrogen) atoms. The van der Waals surface area contributed by atoms with Crippen LogP contribution in [-0.4, -0.2) is 43.2 Å². The maximum Gasteiger partial charge on any atom is 0.267 e. The van der Waals surface area contributed by atoms with E-state index in [9.17, 15) is 14.0 Å². The minimum absolute atomic E-state index is 0.0392. The van der Waals surface area contributed by atoms with E-state index >= 15 is 0 Å². The van der Waals surface area contributed by atoms with Crippen LogP contribution < -0.4 is 10.3 Å². The van der Waals surface area contributed by atoms with Gasteiger partial charge in [0.05, 0.1) is 5.69 Å². The van der Waals surface area contributed by atoms with Gasteiger partial charge in [0, 0.05) is 31.6 Å². The Morgan fingerprint density at radius 3 is 2.45 bits per heavy atom. The molecule has 2 aliphatic rings. The Bertz CT molecular complexity index is 969. The summed E-state index contributed by atoms with van der Waals surface area (Å²) >= 11 is 0.